The van der Waals surface area contributed by atoms with E-state index in [9.17, 15) is 0 Å². The molecule has 64 valence electrons. The zero-order chi connectivity index (χ0) is 8.65. The summed E-state index contributed by atoms with van der Waals surface area (Å²) in [5.41, 5.74) is 1.08. The van der Waals surface area contributed by atoms with Crippen LogP contribution in [0.25, 0.3) is 0 Å². The van der Waals surface area contributed by atoms with Gasteiger partial charge in [-0.1, -0.05) is 23.4 Å². The zero-order valence-corrected chi connectivity index (χ0v) is 7.03. The zero-order valence-electron chi connectivity index (χ0n) is 7.03. The van der Waals surface area contributed by atoms with Crippen LogP contribution in [0.2, 0.25) is 0 Å². The largest absolute Gasteiger partial charge is 0.399 e. The van der Waals surface area contributed by atoms with Crippen molar-refractivity contribution in [3.05, 3.63) is 30.3 Å². The van der Waals surface area contributed by atoms with E-state index in [1.54, 1.807) is 6.21 Å². The summed E-state index contributed by atoms with van der Waals surface area (Å²) >= 11 is 0. The topological polar surface area (TPSA) is 33.6 Å². The Balaban J connectivity index is 2.29. The molecule has 1 aromatic rings. The van der Waals surface area contributed by atoms with Crippen LogP contribution in [0.3, 0.4) is 0 Å². The molecule has 0 unspecified atom stereocenters. The van der Waals surface area contributed by atoms with Gasteiger partial charge in [-0.05, 0) is 12.1 Å². The summed E-state index contributed by atoms with van der Waals surface area (Å²) in [6.45, 7) is 0.678. The van der Waals surface area contributed by atoms with Crippen LogP contribution in [0.5, 0.6) is 0 Å². The normalized spacial score (nSPS) is 10.1. The number of hydrogen-bond donors (Lipinski definition) is 1. The van der Waals surface area contributed by atoms with Crippen LogP contribution in [-0.2, 0) is 4.84 Å². The first-order valence-corrected chi connectivity index (χ1v) is 3.77. The van der Waals surface area contributed by atoms with Crippen LogP contribution >= 0.6 is 0 Å². The summed E-state index contributed by atoms with van der Waals surface area (Å²) in [5.74, 6) is 0. The highest BCUT2D eigenvalue weighted by atomic mass is 16.6. The average Bonchev–Trinajstić information content (AvgIpc) is 2.14. The van der Waals surface area contributed by atoms with Gasteiger partial charge in [0.25, 0.3) is 0 Å². The number of anilines is 1. The van der Waals surface area contributed by atoms with Gasteiger partial charge in [-0.25, -0.2) is 0 Å². The number of hydrogen-bond acceptors (Lipinski definition) is 3. The molecule has 0 bridgehead atoms. The van der Waals surface area contributed by atoms with E-state index in [4.69, 9.17) is 0 Å². The number of nitrogens with one attached hydrogen (secondary N) is 1. The highest BCUT2D eigenvalue weighted by Crippen LogP contribution is 2.02. The molecule has 0 saturated carbocycles. The van der Waals surface area contributed by atoms with Crippen molar-refractivity contribution in [2.75, 3.05) is 19.0 Å². The van der Waals surface area contributed by atoms with Gasteiger partial charge in [0.1, 0.15) is 7.11 Å². The van der Waals surface area contributed by atoms with Crippen molar-refractivity contribution in [2.24, 2.45) is 5.16 Å². The van der Waals surface area contributed by atoms with Crippen LogP contribution in [-0.4, -0.2) is 19.9 Å². The highest BCUT2D eigenvalue weighted by molar-refractivity contribution is 5.63. The van der Waals surface area contributed by atoms with Crippen LogP contribution in [0, 0.1) is 0 Å². The molecule has 0 radical (unpaired) electrons. The Hall–Kier alpha value is -1.51. The molecule has 0 saturated heterocycles. The molecular weight excluding hydrogens is 152 g/mol. The van der Waals surface area contributed by atoms with Crippen molar-refractivity contribution >= 4 is 11.9 Å². The fourth-order valence-corrected chi connectivity index (χ4v) is 0.831. The van der Waals surface area contributed by atoms with Gasteiger partial charge in [-0.2, -0.15) is 0 Å². The molecule has 1 rings (SSSR count). The van der Waals surface area contributed by atoms with E-state index in [2.05, 4.69) is 15.3 Å². The molecular formula is C9H12N2O. The third-order valence-electron chi connectivity index (χ3n) is 1.35. The first-order valence-electron chi connectivity index (χ1n) is 3.77. The predicted octanol–water partition coefficient (Wildman–Crippen LogP) is 1.73. The molecule has 0 fully saturated rings. The standard InChI is InChI=1S/C9H12N2O/c1-12-11-8-7-10-9-5-3-2-4-6-9/h2-6,8,10H,7H2,1H3. The van der Waals surface area contributed by atoms with Crippen molar-refractivity contribution in [3.8, 4) is 0 Å². The Labute approximate surface area is 72.0 Å². The van der Waals surface area contributed by atoms with Crippen molar-refractivity contribution in [1.29, 1.82) is 0 Å². The Bertz CT molecular complexity index is 234. The predicted molar refractivity (Wildman–Crippen MR) is 50.4 cm³/mol. The van der Waals surface area contributed by atoms with E-state index < -0.39 is 0 Å². The van der Waals surface area contributed by atoms with E-state index in [1.807, 2.05) is 30.3 Å². The van der Waals surface area contributed by atoms with Gasteiger partial charge in [0.05, 0.1) is 12.8 Å². The van der Waals surface area contributed by atoms with Gasteiger partial charge in [0.2, 0.25) is 0 Å². The second-order valence-electron chi connectivity index (χ2n) is 2.22. The van der Waals surface area contributed by atoms with Crippen LogP contribution in [0.4, 0.5) is 5.69 Å². The third kappa shape index (κ3) is 3.05. The fourth-order valence-electron chi connectivity index (χ4n) is 0.831. The van der Waals surface area contributed by atoms with Crippen molar-refractivity contribution in [2.45, 2.75) is 0 Å². The first-order chi connectivity index (χ1) is 5.93. The van der Waals surface area contributed by atoms with E-state index in [0.717, 1.165) is 5.69 Å². The summed E-state index contributed by atoms with van der Waals surface area (Å²) in [5, 5.41) is 6.75. The molecule has 12 heavy (non-hydrogen) atoms. The minimum absolute atomic E-state index is 0.678. The maximum Gasteiger partial charge on any atom is 0.106 e. The summed E-state index contributed by atoms with van der Waals surface area (Å²) in [7, 11) is 1.53. The lowest BCUT2D eigenvalue weighted by atomic mass is 10.3. The van der Waals surface area contributed by atoms with Gasteiger partial charge in [0, 0.05) is 5.69 Å². The van der Waals surface area contributed by atoms with Gasteiger partial charge in [0.15, 0.2) is 0 Å². The fraction of sp³-hybridized carbons (Fsp3) is 0.222. The molecule has 3 nitrogen and oxygen atoms in total. The molecule has 1 aromatic carbocycles. The van der Waals surface area contributed by atoms with E-state index >= 15 is 0 Å². The lowest BCUT2D eigenvalue weighted by molar-refractivity contribution is 0.215. The van der Waals surface area contributed by atoms with Gasteiger partial charge in [-0.3, -0.25) is 0 Å². The number of rotatable bonds is 4. The molecule has 0 aromatic heterocycles. The van der Waals surface area contributed by atoms with E-state index in [0.29, 0.717) is 6.54 Å². The molecule has 0 aliphatic carbocycles. The smallest absolute Gasteiger partial charge is 0.106 e. The molecule has 0 spiro atoms. The number of nitrogens with zero attached hydrogens (tertiary/aromatic N) is 1. The third-order valence-corrected chi connectivity index (χ3v) is 1.35. The van der Waals surface area contributed by atoms with Crippen LogP contribution in [0.1, 0.15) is 0 Å². The molecule has 0 atom stereocenters. The van der Waals surface area contributed by atoms with E-state index in [-0.39, 0.29) is 0 Å². The molecule has 0 aliphatic heterocycles. The Morgan fingerprint density at radius 3 is 2.83 bits per heavy atom. The quantitative estimate of drug-likeness (QED) is 0.543. The SMILES string of the molecule is CON=CCNc1ccccc1. The van der Waals surface area contributed by atoms with Crippen molar-refractivity contribution < 1.29 is 4.84 Å². The van der Waals surface area contributed by atoms with Gasteiger partial charge < -0.3 is 10.2 Å². The molecule has 0 aliphatic rings. The number of para-hydroxylation sites is 1. The average molecular weight is 164 g/mol. The maximum atomic E-state index is 4.51. The number of oxime groups is 1. The monoisotopic (exact) mass is 164 g/mol. The molecule has 0 heterocycles. The summed E-state index contributed by atoms with van der Waals surface area (Å²) in [6.07, 6.45) is 1.67. The van der Waals surface area contributed by atoms with E-state index in [1.165, 1.54) is 7.11 Å². The molecule has 1 N–H and O–H groups in total. The van der Waals surface area contributed by atoms with Crippen molar-refractivity contribution in [3.63, 3.8) is 0 Å². The first kappa shape index (κ1) is 8.59. The lowest BCUT2D eigenvalue weighted by Gasteiger charge is -2.00. The maximum absolute atomic E-state index is 4.51. The summed E-state index contributed by atoms with van der Waals surface area (Å²) in [4.78, 5) is 4.51. The second kappa shape index (κ2) is 5.18. The van der Waals surface area contributed by atoms with Crippen LogP contribution in [0.15, 0.2) is 35.5 Å². The van der Waals surface area contributed by atoms with Crippen LogP contribution < -0.4 is 5.32 Å². The van der Waals surface area contributed by atoms with Gasteiger partial charge >= 0.3 is 0 Å². The Morgan fingerprint density at radius 1 is 1.42 bits per heavy atom. The Morgan fingerprint density at radius 2 is 2.17 bits per heavy atom. The minimum Gasteiger partial charge on any atom is -0.399 e. The highest BCUT2D eigenvalue weighted by Gasteiger charge is 1.84. The summed E-state index contributed by atoms with van der Waals surface area (Å²) in [6, 6.07) is 9.95. The van der Waals surface area contributed by atoms with Gasteiger partial charge in [-0.15, -0.1) is 0 Å². The minimum atomic E-state index is 0.678. The second-order valence-corrected chi connectivity index (χ2v) is 2.22. The number of benzene rings is 1. The molecule has 0 amide bonds. The summed E-state index contributed by atoms with van der Waals surface area (Å²) < 4.78 is 0. The molecule has 3 heteroatoms. The Kier molecular flexibility index (Phi) is 3.71. The van der Waals surface area contributed by atoms with Crippen molar-refractivity contribution in [1.82, 2.24) is 0 Å². The lowest BCUT2D eigenvalue weighted by Crippen LogP contribution is -2.01.